The van der Waals surface area contributed by atoms with Gasteiger partial charge in [-0.25, -0.2) is 13.1 Å². The normalized spacial score (nSPS) is 11.4. The molecule has 0 fully saturated rings. The maximum atomic E-state index is 11.1. The lowest BCUT2D eigenvalue weighted by atomic mass is 10.2. The van der Waals surface area contributed by atoms with Crippen LogP contribution in [0.5, 0.6) is 5.75 Å². The van der Waals surface area contributed by atoms with Crippen molar-refractivity contribution in [1.29, 1.82) is 0 Å². The van der Waals surface area contributed by atoms with Crippen LogP contribution in [0.25, 0.3) is 0 Å². The van der Waals surface area contributed by atoms with Gasteiger partial charge in [0.2, 0.25) is 10.0 Å². The minimum atomic E-state index is -3.12. The van der Waals surface area contributed by atoms with Crippen molar-refractivity contribution in [1.82, 2.24) is 4.72 Å². The highest BCUT2D eigenvalue weighted by atomic mass is 32.2. The summed E-state index contributed by atoms with van der Waals surface area (Å²) in [6.07, 6.45) is 0.958. The Labute approximate surface area is 103 Å². The molecule has 1 aromatic rings. The minimum absolute atomic E-state index is 0.0956. The highest BCUT2D eigenvalue weighted by Gasteiger charge is 2.04. The maximum Gasteiger partial charge on any atom is 0.211 e. The number of ether oxygens (including phenoxy) is 1. The molecule has 0 amide bonds. The summed E-state index contributed by atoms with van der Waals surface area (Å²) in [7, 11) is -3.12. The molecule has 0 spiro atoms. The van der Waals surface area contributed by atoms with Crippen molar-refractivity contribution in [2.75, 3.05) is 18.9 Å². The van der Waals surface area contributed by atoms with E-state index in [-0.39, 0.29) is 5.75 Å². The van der Waals surface area contributed by atoms with Crippen molar-refractivity contribution < 1.29 is 13.2 Å². The number of rotatable bonds is 7. The Morgan fingerprint density at radius 2 is 2.06 bits per heavy atom. The lowest BCUT2D eigenvalue weighted by Gasteiger charge is -2.08. The Bertz CT molecular complexity index is 443. The van der Waals surface area contributed by atoms with Crippen molar-refractivity contribution in [3.8, 4) is 5.75 Å². The molecular weight excluding hydrogens is 238 g/mol. The Hall–Kier alpha value is -1.07. The van der Waals surface area contributed by atoms with Crippen molar-refractivity contribution >= 4 is 10.0 Å². The largest absolute Gasteiger partial charge is 0.492 e. The first-order valence-corrected chi connectivity index (χ1v) is 7.41. The monoisotopic (exact) mass is 257 g/mol. The fourth-order valence-electron chi connectivity index (χ4n) is 1.32. The van der Waals surface area contributed by atoms with Crippen LogP contribution in [0.2, 0.25) is 0 Å². The lowest BCUT2D eigenvalue weighted by Crippen LogP contribution is -2.29. The van der Waals surface area contributed by atoms with Crippen molar-refractivity contribution in [3.05, 3.63) is 29.8 Å². The third-order valence-electron chi connectivity index (χ3n) is 2.38. The van der Waals surface area contributed by atoms with E-state index in [0.717, 1.165) is 12.2 Å². The highest BCUT2D eigenvalue weighted by Crippen LogP contribution is 2.13. The first-order valence-electron chi connectivity index (χ1n) is 5.76. The summed E-state index contributed by atoms with van der Waals surface area (Å²) in [6.45, 7) is 4.32. The highest BCUT2D eigenvalue weighted by molar-refractivity contribution is 7.89. The summed E-state index contributed by atoms with van der Waals surface area (Å²) < 4.78 is 30.2. The molecule has 96 valence electrons. The Morgan fingerprint density at radius 3 is 2.71 bits per heavy atom. The molecule has 0 aliphatic rings. The number of aryl methyl sites for hydroxylation is 1. The molecule has 5 heteroatoms. The molecule has 0 aliphatic heterocycles. The predicted molar refractivity (Wildman–Crippen MR) is 68.8 cm³/mol. The molecule has 1 N–H and O–H groups in total. The molecule has 1 aromatic carbocycles. The van der Waals surface area contributed by atoms with E-state index >= 15 is 0 Å². The summed E-state index contributed by atoms with van der Waals surface area (Å²) >= 11 is 0. The van der Waals surface area contributed by atoms with Crippen LogP contribution in [-0.2, 0) is 16.4 Å². The summed E-state index contributed by atoms with van der Waals surface area (Å²) in [5.74, 6) is 0.873. The van der Waals surface area contributed by atoms with Crippen LogP contribution >= 0.6 is 0 Å². The molecule has 0 radical (unpaired) electrons. The SMILES string of the molecule is CCc1cccc(OCCNS(=O)(=O)CC)c1. The van der Waals surface area contributed by atoms with Gasteiger partial charge in [0.25, 0.3) is 0 Å². The Morgan fingerprint density at radius 1 is 1.29 bits per heavy atom. The predicted octanol–water partition coefficient (Wildman–Crippen LogP) is 1.57. The molecular formula is C12H19NO3S. The molecule has 17 heavy (non-hydrogen) atoms. The average molecular weight is 257 g/mol. The molecule has 0 aliphatic carbocycles. The van der Waals surface area contributed by atoms with Gasteiger partial charge in [-0.05, 0) is 31.0 Å². The van der Waals surface area contributed by atoms with Crippen molar-refractivity contribution in [2.24, 2.45) is 0 Å². The van der Waals surface area contributed by atoms with Gasteiger partial charge in [0.1, 0.15) is 12.4 Å². The minimum Gasteiger partial charge on any atom is -0.492 e. The molecule has 0 saturated carbocycles. The second kappa shape index (κ2) is 6.61. The Kier molecular flexibility index (Phi) is 5.44. The van der Waals surface area contributed by atoms with Crippen molar-refractivity contribution in [3.63, 3.8) is 0 Å². The summed E-state index contributed by atoms with van der Waals surface area (Å²) in [6, 6.07) is 7.80. The molecule has 1 rings (SSSR count). The van der Waals surface area contributed by atoms with Crippen LogP contribution in [0.15, 0.2) is 24.3 Å². The van der Waals surface area contributed by atoms with E-state index in [1.54, 1.807) is 6.92 Å². The van der Waals surface area contributed by atoms with E-state index in [9.17, 15) is 8.42 Å². The van der Waals surface area contributed by atoms with Gasteiger partial charge in [0.05, 0.1) is 5.75 Å². The molecule has 0 atom stereocenters. The second-order valence-electron chi connectivity index (χ2n) is 3.65. The first kappa shape index (κ1) is 14.0. The number of hydrogen-bond acceptors (Lipinski definition) is 3. The zero-order valence-electron chi connectivity index (χ0n) is 10.3. The van der Waals surface area contributed by atoms with Gasteiger partial charge in [-0.2, -0.15) is 0 Å². The van der Waals surface area contributed by atoms with Gasteiger partial charge >= 0.3 is 0 Å². The third kappa shape index (κ3) is 5.19. The van der Waals surface area contributed by atoms with E-state index in [0.29, 0.717) is 13.2 Å². The topological polar surface area (TPSA) is 55.4 Å². The van der Waals surface area contributed by atoms with E-state index in [2.05, 4.69) is 11.6 Å². The van der Waals surface area contributed by atoms with Crippen LogP contribution in [0.4, 0.5) is 0 Å². The van der Waals surface area contributed by atoms with Crippen LogP contribution < -0.4 is 9.46 Å². The standard InChI is InChI=1S/C12H19NO3S/c1-3-11-6-5-7-12(10-11)16-9-8-13-17(14,15)4-2/h5-7,10,13H,3-4,8-9H2,1-2H3. The smallest absolute Gasteiger partial charge is 0.211 e. The van der Waals surface area contributed by atoms with Gasteiger partial charge in [0.15, 0.2) is 0 Å². The van der Waals surface area contributed by atoms with E-state index in [1.165, 1.54) is 5.56 Å². The molecule has 0 unspecified atom stereocenters. The molecule has 0 heterocycles. The van der Waals surface area contributed by atoms with Crippen LogP contribution in [0.3, 0.4) is 0 Å². The molecule has 0 aromatic heterocycles. The number of hydrogen-bond donors (Lipinski definition) is 1. The van der Waals surface area contributed by atoms with E-state index in [4.69, 9.17) is 4.74 Å². The van der Waals surface area contributed by atoms with Crippen LogP contribution in [0.1, 0.15) is 19.4 Å². The van der Waals surface area contributed by atoms with Gasteiger partial charge in [-0.3, -0.25) is 0 Å². The molecule has 0 bridgehead atoms. The average Bonchev–Trinajstić information content (AvgIpc) is 2.35. The lowest BCUT2D eigenvalue weighted by molar-refractivity contribution is 0.322. The van der Waals surface area contributed by atoms with Crippen LogP contribution in [-0.4, -0.2) is 27.3 Å². The van der Waals surface area contributed by atoms with E-state index in [1.807, 2.05) is 24.3 Å². The Balaban J connectivity index is 2.36. The number of sulfonamides is 1. The molecule has 0 saturated heterocycles. The molecule has 4 nitrogen and oxygen atoms in total. The van der Waals surface area contributed by atoms with E-state index < -0.39 is 10.0 Å². The first-order chi connectivity index (χ1) is 8.07. The van der Waals surface area contributed by atoms with Gasteiger partial charge in [-0.15, -0.1) is 0 Å². The van der Waals surface area contributed by atoms with Gasteiger partial charge in [-0.1, -0.05) is 19.1 Å². The fourth-order valence-corrected chi connectivity index (χ4v) is 1.92. The van der Waals surface area contributed by atoms with Gasteiger partial charge < -0.3 is 4.74 Å². The quantitative estimate of drug-likeness (QED) is 0.754. The number of benzene rings is 1. The summed E-state index contributed by atoms with van der Waals surface area (Å²) in [4.78, 5) is 0. The zero-order valence-corrected chi connectivity index (χ0v) is 11.1. The maximum absolute atomic E-state index is 11.1. The van der Waals surface area contributed by atoms with Crippen molar-refractivity contribution in [2.45, 2.75) is 20.3 Å². The second-order valence-corrected chi connectivity index (χ2v) is 5.74. The van der Waals surface area contributed by atoms with Gasteiger partial charge in [0, 0.05) is 6.54 Å². The number of nitrogens with one attached hydrogen (secondary N) is 1. The van der Waals surface area contributed by atoms with Crippen LogP contribution in [0, 0.1) is 0 Å². The third-order valence-corrected chi connectivity index (χ3v) is 3.78. The fraction of sp³-hybridized carbons (Fsp3) is 0.500. The zero-order chi connectivity index (χ0) is 12.7. The summed E-state index contributed by atoms with van der Waals surface area (Å²) in [5, 5.41) is 0. The summed E-state index contributed by atoms with van der Waals surface area (Å²) in [5.41, 5.74) is 1.21.